The van der Waals surface area contributed by atoms with E-state index in [4.69, 9.17) is 0 Å². The van der Waals surface area contributed by atoms with Crippen molar-refractivity contribution in [3.63, 3.8) is 0 Å². The van der Waals surface area contributed by atoms with Gasteiger partial charge in [-0.05, 0) is 30.7 Å². The predicted molar refractivity (Wildman–Crippen MR) is 55.8 cm³/mol. The standard InChI is InChI=1S/C10H9BrO3/c1-6(13)10(11)9-4-8(14)3-2-7(9)5-12/h2-5,10,14H,1H3. The van der Waals surface area contributed by atoms with Gasteiger partial charge in [0.1, 0.15) is 17.8 Å². The first-order valence-electron chi connectivity index (χ1n) is 3.99. The van der Waals surface area contributed by atoms with Crippen LogP contribution in [0.5, 0.6) is 5.75 Å². The Morgan fingerprint density at radius 1 is 1.57 bits per heavy atom. The van der Waals surface area contributed by atoms with Crippen LogP contribution in [0.1, 0.15) is 27.7 Å². The van der Waals surface area contributed by atoms with Crippen LogP contribution in [0, 0.1) is 0 Å². The summed E-state index contributed by atoms with van der Waals surface area (Å²) in [6, 6.07) is 4.30. The Labute approximate surface area is 89.9 Å². The molecule has 0 amide bonds. The molecule has 4 heteroatoms. The van der Waals surface area contributed by atoms with Crippen LogP contribution in [-0.4, -0.2) is 17.2 Å². The monoisotopic (exact) mass is 256 g/mol. The first kappa shape index (κ1) is 10.9. The number of hydrogen-bond donors (Lipinski definition) is 1. The number of phenolic OH excluding ortho intramolecular Hbond substituents is 1. The number of phenols is 1. The van der Waals surface area contributed by atoms with E-state index in [-0.39, 0.29) is 11.5 Å². The van der Waals surface area contributed by atoms with Gasteiger partial charge in [0, 0.05) is 5.56 Å². The molecule has 74 valence electrons. The minimum absolute atomic E-state index is 0.0382. The van der Waals surface area contributed by atoms with E-state index in [1.807, 2.05) is 0 Å². The molecule has 0 spiro atoms. The van der Waals surface area contributed by atoms with Crippen LogP contribution in [0.4, 0.5) is 0 Å². The van der Waals surface area contributed by atoms with E-state index >= 15 is 0 Å². The molecule has 0 aliphatic carbocycles. The molecule has 0 aliphatic rings. The summed E-state index contributed by atoms with van der Waals surface area (Å²) in [6.45, 7) is 1.41. The molecule has 1 atom stereocenters. The van der Waals surface area contributed by atoms with E-state index < -0.39 is 4.83 Å². The van der Waals surface area contributed by atoms with Gasteiger partial charge in [0.15, 0.2) is 0 Å². The second-order valence-corrected chi connectivity index (χ2v) is 3.82. The van der Waals surface area contributed by atoms with Gasteiger partial charge in [-0.2, -0.15) is 0 Å². The van der Waals surface area contributed by atoms with Crippen molar-refractivity contribution >= 4 is 28.0 Å². The van der Waals surface area contributed by atoms with E-state index in [9.17, 15) is 14.7 Å². The summed E-state index contributed by atoms with van der Waals surface area (Å²) in [6.07, 6.45) is 0.659. The molecule has 0 saturated carbocycles. The quantitative estimate of drug-likeness (QED) is 0.667. The highest BCUT2D eigenvalue weighted by atomic mass is 79.9. The van der Waals surface area contributed by atoms with Crippen LogP contribution in [0.15, 0.2) is 18.2 Å². The van der Waals surface area contributed by atoms with Crippen molar-refractivity contribution in [1.29, 1.82) is 0 Å². The number of hydrogen-bond acceptors (Lipinski definition) is 3. The second kappa shape index (κ2) is 4.37. The van der Waals surface area contributed by atoms with Crippen molar-refractivity contribution < 1.29 is 14.7 Å². The van der Waals surface area contributed by atoms with E-state index in [2.05, 4.69) is 15.9 Å². The van der Waals surface area contributed by atoms with E-state index in [1.54, 1.807) is 0 Å². The number of Topliss-reactive ketones (excluding diaryl/α,β-unsaturated/α-hetero) is 1. The maximum absolute atomic E-state index is 11.1. The lowest BCUT2D eigenvalue weighted by atomic mass is 10.0. The zero-order valence-corrected chi connectivity index (χ0v) is 9.11. The number of aldehydes is 1. The summed E-state index contributed by atoms with van der Waals surface area (Å²) in [7, 11) is 0. The molecule has 1 aromatic carbocycles. The molecule has 1 aromatic rings. The highest BCUT2D eigenvalue weighted by Crippen LogP contribution is 2.28. The van der Waals surface area contributed by atoms with Crippen molar-refractivity contribution in [2.45, 2.75) is 11.8 Å². The Morgan fingerprint density at radius 3 is 2.71 bits per heavy atom. The number of carbonyl (C=O) groups excluding carboxylic acids is 2. The molecule has 0 fully saturated rings. The first-order chi connectivity index (χ1) is 6.56. The van der Waals surface area contributed by atoms with Crippen molar-refractivity contribution in [3.05, 3.63) is 29.3 Å². The van der Waals surface area contributed by atoms with Crippen LogP contribution >= 0.6 is 15.9 Å². The Kier molecular flexibility index (Phi) is 3.41. The molecule has 14 heavy (non-hydrogen) atoms. The zero-order chi connectivity index (χ0) is 10.7. The van der Waals surface area contributed by atoms with Gasteiger partial charge in [0.2, 0.25) is 0 Å². The number of alkyl halides is 1. The summed E-state index contributed by atoms with van der Waals surface area (Å²) in [5.41, 5.74) is 0.896. The van der Waals surface area contributed by atoms with Crippen LogP contribution in [0.2, 0.25) is 0 Å². The number of ketones is 1. The Bertz CT molecular complexity index is 374. The highest BCUT2D eigenvalue weighted by Gasteiger charge is 2.16. The Balaban J connectivity index is 3.23. The van der Waals surface area contributed by atoms with Gasteiger partial charge >= 0.3 is 0 Å². The van der Waals surface area contributed by atoms with Gasteiger partial charge < -0.3 is 5.11 Å². The maximum atomic E-state index is 11.1. The fourth-order valence-electron chi connectivity index (χ4n) is 1.11. The number of benzene rings is 1. The van der Waals surface area contributed by atoms with Gasteiger partial charge in [-0.25, -0.2) is 0 Å². The Morgan fingerprint density at radius 2 is 2.21 bits per heavy atom. The van der Waals surface area contributed by atoms with Crippen LogP contribution in [0.3, 0.4) is 0 Å². The van der Waals surface area contributed by atoms with Gasteiger partial charge in [0.05, 0.1) is 4.83 Å². The molecule has 0 aliphatic heterocycles. The summed E-state index contributed by atoms with van der Waals surface area (Å²) in [5.74, 6) is -0.0741. The number of carbonyl (C=O) groups is 2. The van der Waals surface area contributed by atoms with Gasteiger partial charge in [0.25, 0.3) is 0 Å². The van der Waals surface area contributed by atoms with E-state index in [1.165, 1.54) is 25.1 Å². The normalized spacial score (nSPS) is 12.1. The minimum Gasteiger partial charge on any atom is -0.508 e. The van der Waals surface area contributed by atoms with Gasteiger partial charge in [-0.15, -0.1) is 0 Å². The number of aromatic hydroxyl groups is 1. The van der Waals surface area contributed by atoms with Crippen molar-refractivity contribution in [2.24, 2.45) is 0 Å². The van der Waals surface area contributed by atoms with Crippen molar-refractivity contribution in [3.8, 4) is 5.75 Å². The summed E-state index contributed by atoms with van der Waals surface area (Å²) in [5, 5.41) is 9.22. The van der Waals surface area contributed by atoms with Crippen LogP contribution in [0.25, 0.3) is 0 Å². The molecule has 1 N–H and O–H groups in total. The summed E-state index contributed by atoms with van der Waals surface area (Å²) in [4.78, 5) is 21.2. The molecule has 0 radical (unpaired) electrons. The highest BCUT2D eigenvalue weighted by molar-refractivity contribution is 9.09. The number of rotatable bonds is 3. The predicted octanol–water partition coefficient (Wildman–Crippen LogP) is 2.23. The number of halogens is 1. The average molecular weight is 257 g/mol. The van der Waals surface area contributed by atoms with Crippen LogP contribution in [-0.2, 0) is 4.79 Å². The molecule has 0 aromatic heterocycles. The molecule has 0 saturated heterocycles. The summed E-state index contributed by atoms with van der Waals surface area (Å²) >= 11 is 3.16. The lowest BCUT2D eigenvalue weighted by Crippen LogP contribution is -2.04. The SMILES string of the molecule is CC(=O)C(Br)c1cc(O)ccc1C=O. The van der Waals surface area contributed by atoms with E-state index in [0.717, 1.165) is 0 Å². The molecule has 3 nitrogen and oxygen atoms in total. The zero-order valence-electron chi connectivity index (χ0n) is 7.53. The summed E-state index contributed by atoms with van der Waals surface area (Å²) < 4.78 is 0. The lowest BCUT2D eigenvalue weighted by Gasteiger charge is -2.09. The van der Waals surface area contributed by atoms with Crippen LogP contribution < -0.4 is 0 Å². The third-order valence-corrected chi connectivity index (χ3v) is 2.97. The first-order valence-corrected chi connectivity index (χ1v) is 4.90. The molecular formula is C10H9BrO3. The van der Waals surface area contributed by atoms with Gasteiger partial charge in [-0.3, -0.25) is 9.59 Å². The molecule has 1 unspecified atom stereocenters. The fraction of sp³-hybridized carbons (Fsp3) is 0.200. The second-order valence-electron chi connectivity index (χ2n) is 2.90. The maximum Gasteiger partial charge on any atom is 0.150 e. The Hall–Kier alpha value is -1.16. The topological polar surface area (TPSA) is 54.4 Å². The third kappa shape index (κ3) is 2.20. The minimum atomic E-state index is -0.546. The lowest BCUT2D eigenvalue weighted by molar-refractivity contribution is -0.116. The smallest absolute Gasteiger partial charge is 0.150 e. The average Bonchev–Trinajstić information content (AvgIpc) is 2.16. The third-order valence-electron chi connectivity index (χ3n) is 1.83. The largest absolute Gasteiger partial charge is 0.508 e. The molecule has 1 rings (SSSR count). The van der Waals surface area contributed by atoms with Crippen molar-refractivity contribution in [1.82, 2.24) is 0 Å². The fourth-order valence-corrected chi connectivity index (χ4v) is 1.50. The molecule has 0 heterocycles. The van der Waals surface area contributed by atoms with Gasteiger partial charge in [-0.1, -0.05) is 15.9 Å². The van der Waals surface area contributed by atoms with E-state index in [0.29, 0.717) is 17.4 Å². The van der Waals surface area contributed by atoms with Crippen molar-refractivity contribution in [2.75, 3.05) is 0 Å². The molecule has 0 bridgehead atoms. The molecular weight excluding hydrogens is 248 g/mol.